The van der Waals surface area contributed by atoms with Gasteiger partial charge in [-0.1, -0.05) is 29.8 Å². The van der Waals surface area contributed by atoms with Crippen LogP contribution in [0.2, 0.25) is 0 Å². The maximum atomic E-state index is 13.3. The Morgan fingerprint density at radius 2 is 1.61 bits per heavy atom. The first-order valence-electron chi connectivity index (χ1n) is 4.96. The quantitative estimate of drug-likeness (QED) is 0.761. The average Bonchev–Trinajstić information content (AvgIpc) is 2.14. The number of halogens is 6. The first kappa shape index (κ1) is 15.2. The SMILES string of the molecule is CC(C)c1cc(C(F)(F)C(F)(F)F)c(Br)cc1O. The zero-order chi connectivity index (χ0) is 14.3. The molecule has 0 aliphatic carbocycles. The maximum Gasteiger partial charge on any atom is 0.458 e. The maximum absolute atomic E-state index is 13.3. The second-order valence-corrected chi connectivity index (χ2v) is 4.97. The van der Waals surface area contributed by atoms with Crippen molar-refractivity contribution in [2.45, 2.75) is 31.9 Å². The van der Waals surface area contributed by atoms with Gasteiger partial charge in [-0.3, -0.25) is 0 Å². The van der Waals surface area contributed by atoms with Crippen LogP contribution < -0.4 is 0 Å². The lowest BCUT2D eigenvalue weighted by Crippen LogP contribution is -2.34. The zero-order valence-corrected chi connectivity index (χ0v) is 11.0. The van der Waals surface area contributed by atoms with Gasteiger partial charge in [-0.25, -0.2) is 0 Å². The summed E-state index contributed by atoms with van der Waals surface area (Å²) < 4.78 is 62.9. The third-order valence-corrected chi connectivity index (χ3v) is 3.09. The van der Waals surface area contributed by atoms with E-state index in [1.165, 1.54) is 0 Å². The largest absolute Gasteiger partial charge is 0.508 e. The molecule has 0 bridgehead atoms. The number of benzene rings is 1. The highest BCUT2D eigenvalue weighted by atomic mass is 79.9. The smallest absolute Gasteiger partial charge is 0.458 e. The van der Waals surface area contributed by atoms with E-state index in [1.54, 1.807) is 13.8 Å². The van der Waals surface area contributed by atoms with Gasteiger partial charge in [0.05, 0.1) is 0 Å². The van der Waals surface area contributed by atoms with Crippen molar-refractivity contribution in [3.05, 3.63) is 27.7 Å². The summed E-state index contributed by atoms with van der Waals surface area (Å²) in [5.74, 6) is -5.66. The lowest BCUT2D eigenvalue weighted by molar-refractivity contribution is -0.289. The zero-order valence-electron chi connectivity index (χ0n) is 9.45. The van der Waals surface area contributed by atoms with Gasteiger partial charge in [-0.2, -0.15) is 22.0 Å². The molecule has 0 atom stereocenters. The number of phenols is 1. The fourth-order valence-electron chi connectivity index (χ4n) is 1.44. The summed E-state index contributed by atoms with van der Waals surface area (Å²) >= 11 is 2.62. The van der Waals surface area contributed by atoms with Crippen LogP contribution in [0.25, 0.3) is 0 Å². The Labute approximate surface area is 109 Å². The summed E-state index contributed by atoms with van der Waals surface area (Å²) in [5.41, 5.74) is -1.16. The van der Waals surface area contributed by atoms with Gasteiger partial charge in [-0.05, 0) is 23.6 Å². The van der Waals surface area contributed by atoms with Crippen molar-refractivity contribution in [3.8, 4) is 5.75 Å². The lowest BCUT2D eigenvalue weighted by Gasteiger charge is -2.22. The molecule has 0 saturated carbocycles. The molecule has 1 rings (SSSR count). The lowest BCUT2D eigenvalue weighted by atomic mass is 9.97. The summed E-state index contributed by atoms with van der Waals surface area (Å²) in [6, 6.07) is 1.53. The Kier molecular flexibility index (Phi) is 3.95. The van der Waals surface area contributed by atoms with E-state index in [1.807, 2.05) is 0 Å². The number of phenolic OH excluding ortho intramolecular Hbond substituents is 1. The predicted octanol–water partition coefficient (Wildman–Crippen LogP) is 4.93. The van der Waals surface area contributed by atoms with E-state index in [9.17, 15) is 27.1 Å². The van der Waals surface area contributed by atoms with Crippen LogP contribution in [0.5, 0.6) is 5.75 Å². The van der Waals surface area contributed by atoms with E-state index in [0.29, 0.717) is 6.07 Å². The first-order chi connectivity index (χ1) is 7.98. The minimum absolute atomic E-state index is 0.0390. The van der Waals surface area contributed by atoms with E-state index in [-0.39, 0.29) is 17.2 Å². The second-order valence-electron chi connectivity index (χ2n) is 4.12. The van der Waals surface area contributed by atoms with Gasteiger partial charge in [0.25, 0.3) is 0 Å². The van der Waals surface area contributed by atoms with Gasteiger partial charge in [0.2, 0.25) is 0 Å². The Morgan fingerprint density at radius 1 is 1.11 bits per heavy atom. The van der Waals surface area contributed by atoms with Crippen molar-refractivity contribution in [2.75, 3.05) is 0 Å². The Balaban J connectivity index is 3.47. The van der Waals surface area contributed by atoms with Crippen molar-refractivity contribution >= 4 is 15.9 Å². The van der Waals surface area contributed by atoms with E-state index < -0.39 is 22.1 Å². The Morgan fingerprint density at radius 3 is 2.00 bits per heavy atom. The van der Waals surface area contributed by atoms with Crippen molar-refractivity contribution in [2.24, 2.45) is 0 Å². The van der Waals surface area contributed by atoms with Gasteiger partial charge in [0.15, 0.2) is 0 Å². The summed E-state index contributed by atoms with van der Waals surface area (Å²) in [4.78, 5) is 0. The minimum Gasteiger partial charge on any atom is -0.508 e. The first-order valence-corrected chi connectivity index (χ1v) is 5.75. The summed E-state index contributed by atoms with van der Waals surface area (Å²) in [7, 11) is 0. The number of rotatable bonds is 2. The highest BCUT2D eigenvalue weighted by molar-refractivity contribution is 9.10. The van der Waals surface area contributed by atoms with E-state index in [2.05, 4.69) is 15.9 Å². The molecule has 0 heterocycles. The summed E-state index contributed by atoms with van der Waals surface area (Å²) in [6.45, 7) is 3.16. The molecule has 0 unspecified atom stereocenters. The van der Waals surface area contributed by atoms with Crippen molar-refractivity contribution in [1.29, 1.82) is 0 Å². The predicted molar refractivity (Wildman–Crippen MR) is 59.8 cm³/mol. The van der Waals surface area contributed by atoms with Gasteiger partial charge in [0, 0.05) is 10.0 Å². The van der Waals surface area contributed by atoms with Gasteiger partial charge < -0.3 is 5.11 Å². The normalized spacial score (nSPS) is 13.2. The summed E-state index contributed by atoms with van der Waals surface area (Å²) in [5, 5.41) is 9.50. The molecule has 0 saturated heterocycles. The van der Waals surface area contributed by atoms with Crippen molar-refractivity contribution in [3.63, 3.8) is 0 Å². The van der Waals surface area contributed by atoms with Crippen LogP contribution in [0.1, 0.15) is 30.9 Å². The third kappa shape index (κ3) is 2.60. The van der Waals surface area contributed by atoms with E-state index in [0.717, 1.165) is 6.07 Å². The molecule has 102 valence electrons. The van der Waals surface area contributed by atoms with Crippen LogP contribution >= 0.6 is 15.9 Å². The van der Waals surface area contributed by atoms with Gasteiger partial charge in [0.1, 0.15) is 5.75 Å². The molecule has 1 N–H and O–H groups in total. The molecule has 0 aliphatic heterocycles. The Bertz CT molecular complexity index is 453. The molecule has 0 fully saturated rings. The third-order valence-electron chi connectivity index (χ3n) is 2.43. The molecule has 1 aromatic rings. The Hall–Kier alpha value is -0.850. The number of hydrogen-bond acceptors (Lipinski definition) is 1. The standard InChI is InChI=1S/C11H10BrF5O/c1-5(2)6-3-7(8(12)4-9(6)18)10(13,14)11(15,16)17/h3-5,18H,1-2H3. The number of alkyl halides is 5. The molecule has 0 radical (unpaired) electrons. The van der Waals surface area contributed by atoms with Crippen LogP contribution in [0.15, 0.2) is 16.6 Å². The molecule has 0 spiro atoms. The summed E-state index contributed by atoms with van der Waals surface area (Å²) in [6.07, 6.45) is -5.68. The van der Waals surface area contributed by atoms with Crippen LogP contribution in [0.3, 0.4) is 0 Å². The highest BCUT2D eigenvalue weighted by Gasteiger charge is 2.59. The molecular formula is C11H10BrF5O. The van der Waals surface area contributed by atoms with Gasteiger partial charge in [-0.15, -0.1) is 0 Å². The average molecular weight is 333 g/mol. The topological polar surface area (TPSA) is 20.2 Å². The molecule has 18 heavy (non-hydrogen) atoms. The van der Waals surface area contributed by atoms with Gasteiger partial charge >= 0.3 is 12.1 Å². The highest BCUT2D eigenvalue weighted by Crippen LogP contribution is 2.48. The second kappa shape index (κ2) is 4.68. The molecule has 1 aromatic carbocycles. The number of hydrogen-bond donors (Lipinski definition) is 1. The molecule has 0 aromatic heterocycles. The fraction of sp³-hybridized carbons (Fsp3) is 0.455. The van der Waals surface area contributed by atoms with Crippen molar-refractivity contribution < 1.29 is 27.1 Å². The van der Waals surface area contributed by atoms with Crippen LogP contribution in [0, 0.1) is 0 Å². The molecular weight excluding hydrogens is 323 g/mol. The molecule has 0 aliphatic rings. The van der Waals surface area contributed by atoms with Crippen LogP contribution in [-0.2, 0) is 5.92 Å². The molecule has 7 heteroatoms. The van der Waals surface area contributed by atoms with E-state index in [4.69, 9.17) is 0 Å². The van der Waals surface area contributed by atoms with Crippen LogP contribution in [0.4, 0.5) is 22.0 Å². The minimum atomic E-state index is -5.68. The monoisotopic (exact) mass is 332 g/mol. The molecule has 0 amide bonds. The van der Waals surface area contributed by atoms with Crippen molar-refractivity contribution in [1.82, 2.24) is 0 Å². The molecule has 1 nitrogen and oxygen atoms in total. The fourth-order valence-corrected chi connectivity index (χ4v) is 2.02. The number of aromatic hydroxyl groups is 1. The van der Waals surface area contributed by atoms with Crippen LogP contribution in [-0.4, -0.2) is 11.3 Å². The van der Waals surface area contributed by atoms with E-state index >= 15 is 0 Å².